The summed E-state index contributed by atoms with van der Waals surface area (Å²) in [6, 6.07) is 8.69. The molecule has 1 heterocycles. The van der Waals surface area contributed by atoms with Crippen LogP contribution in [-0.4, -0.2) is 42.8 Å². The number of hydrazine groups is 1. The van der Waals surface area contributed by atoms with Crippen LogP contribution < -0.4 is 11.3 Å². The Kier molecular flexibility index (Phi) is 6.20. The van der Waals surface area contributed by atoms with Gasteiger partial charge in [0.2, 0.25) is 0 Å². The van der Waals surface area contributed by atoms with Crippen LogP contribution in [0, 0.1) is 0 Å². The standard InChI is InChI=1S/C16H26BrN3O/c1-3-16(2,20-8-10-21-11-9-20)15(19-18)12-13-4-6-14(17)7-5-13/h4-7,15,19H,3,8-12,18H2,1-2H3. The Labute approximate surface area is 136 Å². The van der Waals surface area contributed by atoms with Gasteiger partial charge in [-0.1, -0.05) is 35.0 Å². The van der Waals surface area contributed by atoms with Crippen LogP contribution in [0.4, 0.5) is 0 Å². The van der Waals surface area contributed by atoms with E-state index in [1.807, 2.05) is 0 Å². The highest BCUT2D eigenvalue weighted by atomic mass is 79.9. The zero-order valence-corrected chi connectivity index (χ0v) is 14.5. The average Bonchev–Trinajstić information content (AvgIpc) is 2.54. The van der Waals surface area contributed by atoms with E-state index in [-0.39, 0.29) is 11.6 Å². The average molecular weight is 356 g/mol. The Bertz CT molecular complexity index is 434. The fourth-order valence-electron chi connectivity index (χ4n) is 3.08. The number of halogens is 1. The third kappa shape index (κ3) is 4.05. The van der Waals surface area contributed by atoms with Crippen LogP contribution in [0.1, 0.15) is 25.8 Å². The van der Waals surface area contributed by atoms with Crippen LogP contribution >= 0.6 is 15.9 Å². The molecule has 2 unspecified atom stereocenters. The normalized spacial score (nSPS) is 21.0. The maximum atomic E-state index is 5.90. The maximum Gasteiger partial charge on any atom is 0.0594 e. The Morgan fingerprint density at radius 3 is 2.48 bits per heavy atom. The van der Waals surface area contributed by atoms with E-state index < -0.39 is 0 Å². The number of rotatable bonds is 6. The molecule has 2 rings (SSSR count). The summed E-state index contributed by atoms with van der Waals surface area (Å²) in [5.41, 5.74) is 4.39. The van der Waals surface area contributed by atoms with E-state index in [1.165, 1.54) is 5.56 Å². The number of hydrogen-bond acceptors (Lipinski definition) is 4. The lowest BCUT2D eigenvalue weighted by molar-refractivity contribution is -0.0322. The molecule has 1 aliphatic rings. The molecule has 0 aliphatic carbocycles. The van der Waals surface area contributed by atoms with Crippen LogP contribution in [0.2, 0.25) is 0 Å². The van der Waals surface area contributed by atoms with E-state index in [4.69, 9.17) is 10.6 Å². The Morgan fingerprint density at radius 1 is 1.33 bits per heavy atom. The van der Waals surface area contributed by atoms with Crippen LogP contribution in [0.5, 0.6) is 0 Å². The van der Waals surface area contributed by atoms with Crippen molar-refractivity contribution in [2.24, 2.45) is 5.84 Å². The molecular formula is C16H26BrN3O. The molecule has 2 atom stereocenters. The fourth-order valence-corrected chi connectivity index (χ4v) is 3.34. The Morgan fingerprint density at radius 2 is 1.95 bits per heavy atom. The second-order valence-corrected chi connectivity index (χ2v) is 6.78. The molecule has 0 saturated carbocycles. The first-order chi connectivity index (χ1) is 10.1. The minimum atomic E-state index is 0.0333. The summed E-state index contributed by atoms with van der Waals surface area (Å²) in [4.78, 5) is 2.51. The number of nitrogens with one attached hydrogen (secondary N) is 1. The van der Waals surface area contributed by atoms with Gasteiger partial charge in [-0.25, -0.2) is 0 Å². The third-order valence-corrected chi connectivity index (χ3v) is 5.28. The first-order valence-corrected chi connectivity index (χ1v) is 8.43. The van der Waals surface area contributed by atoms with E-state index in [1.54, 1.807) is 0 Å². The van der Waals surface area contributed by atoms with Gasteiger partial charge in [0, 0.05) is 29.1 Å². The van der Waals surface area contributed by atoms with Gasteiger partial charge in [0.25, 0.3) is 0 Å². The SMILES string of the molecule is CCC(C)(C(Cc1ccc(Br)cc1)NN)N1CCOCC1. The summed E-state index contributed by atoms with van der Waals surface area (Å²) in [7, 11) is 0. The van der Waals surface area contributed by atoms with E-state index in [9.17, 15) is 0 Å². The highest BCUT2D eigenvalue weighted by Gasteiger charge is 2.38. The summed E-state index contributed by atoms with van der Waals surface area (Å²) in [6.07, 6.45) is 1.98. The van der Waals surface area contributed by atoms with Crippen LogP contribution in [0.25, 0.3) is 0 Å². The van der Waals surface area contributed by atoms with Crippen molar-refractivity contribution in [2.75, 3.05) is 26.3 Å². The van der Waals surface area contributed by atoms with Crippen molar-refractivity contribution in [1.82, 2.24) is 10.3 Å². The van der Waals surface area contributed by atoms with Crippen molar-refractivity contribution in [3.05, 3.63) is 34.3 Å². The highest BCUT2D eigenvalue weighted by Crippen LogP contribution is 2.27. The second-order valence-electron chi connectivity index (χ2n) is 5.86. The Balaban J connectivity index is 2.13. The Hall–Kier alpha value is -0.460. The van der Waals surface area contributed by atoms with Crippen LogP contribution in [-0.2, 0) is 11.2 Å². The molecule has 0 aromatic heterocycles. The molecule has 21 heavy (non-hydrogen) atoms. The molecule has 3 N–H and O–H groups in total. The van der Waals surface area contributed by atoms with E-state index in [0.29, 0.717) is 0 Å². The summed E-state index contributed by atoms with van der Waals surface area (Å²) >= 11 is 3.48. The molecule has 1 saturated heterocycles. The third-order valence-electron chi connectivity index (χ3n) is 4.75. The van der Waals surface area contributed by atoms with Gasteiger partial charge >= 0.3 is 0 Å². The molecule has 1 aliphatic heterocycles. The van der Waals surface area contributed by atoms with Crippen molar-refractivity contribution < 1.29 is 4.74 Å². The van der Waals surface area contributed by atoms with Crippen molar-refractivity contribution in [2.45, 2.75) is 38.3 Å². The molecule has 118 valence electrons. The molecule has 0 bridgehead atoms. The van der Waals surface area contributed by atoms with Crippen molar-refractivity contribution in [3.8, 4) is 0 Å². The quantitative estimate of drug-likeness (QED) is 0.607. The molecule has 0 amide bonds. The first kappa shape index (κ1) is 16.9. The fraction of sp³-hybridized carbons (Fsp3) is 0.625. The predicted octanol–water partition coefficient (Wildman–Crippen LogP) is 2.32. The van der Waals surface area contributed by atoms with E-state index in [0.717, 1.165) is 43.6 Å². The van der Waals surface area contributed by atoms with Gasteiger partial charge < -0.3 is 4.74 Å². The first-order valence-electron chi connectivity index (χ1n) is 7.63. The molecule has 1 fully saturated rings. The minimum Gasteiger partial charge on any atom is -0.379 e. The summed E-state index contributed by atoms with van der Waals surface area (Å²) in [5, 5.41) is 0. The molecule has 5 heteroatoms. The number of morpholine rings is 1. The van der Waals surface area contributed by atoms with Crippen molar-refractivity contribution >= 4 is 15.9 Å². The lowest BCUT2D eigenvalue weighted by Gasteiger charge is -2.47. The van der Waals surface area contributed by atoms with Gasteiger partial charge in [-0.05, 0) is 37.5 Å². The lowest BCUT2D eigenvalue weighted by atomic mass is 9.83. The molecule has 1 aromatic carbocycles. The molecular weight excluding hydrogens is 330 g/mol. The van der Waals surface area contributed by atoms with Gasteiger partial charge in [0.1, 0.15) is 0 Å². The van der Waals surface area contributed by atoms with Gasteiger partial charge in [-0.2, -0.15) is 0 Å². The minimum absolute atomic E-state index is 0.0333. The van der Waals surface area contributed by atoms with E-state index in [2.05, 4.69) is 64.4 Å². The maximum absolute atomic E-state index is 5.90. The zero-order valence-electron chi connectivity index (χ0n) is 12.9. The molecule has 0 spiro atoms. The van der Waals surface area contributed by atoms with Gasteiger partial charge in [0.15, 0.2) is 0 Å². The molecule has 4 nitrogen and oxygen atoms in total. The van der Waals surface area contributed by atoms with Gasteiger partial charge in [-0.15, -0.1) is 0 Å². The van der Waals surface area contributed by atoms with Gasteiger partial charge in [-0.3, -0.25) is 16.2 Å². The predicted molar refractivity (Wildman–Crippen MR) is 90.0 cm³/mol. The van der Waals surface area contributed by atoms with Gasteiger partial charge in [0.05, 0.1) is 13.2 Å². The van der Waals surface area contributed by atoms with Crippen molar-refractivity contribution in [1.29, 1.82) is 0 Å². The molecule has 0 radical (unpaired) electrons. The largest absolute Gasteiger partial charge is 0.379 e. The smallest absolute Gasteiger partial charge is 0.0594 e. The second kappa shape index (κ2) is 7.70. The monoisotopic (exact) mass is 355 g/mol. The van der Waals surface area contributed by atoms with Crippen molar-refractivity contribution in [3.63, 3.8) is 0 Å². The summed E-state index contributed by atoms with van der Waals surface area (Å²) in [5.74, 6) is 5.90. The number of benzene rings is 1. The highest BCUT2D eigenvalue weighted by molar-refractivity contribution is 9.10. The van der Waals surface area contributed by atoms with Crippen LogP contribution in [0.3, 0.4) is 0 Å². The number of ether oxygens (including phenoxy) is 1. The van der Waals surface area contributed by atoms with E-state index >= 15 is 0 Å². The molecule has 1 aromatic rings. The zero-order chi connectivity index (χ0) is 15.3. The number of nitrogens with zero attached hydrogens (tertiary/aromatic N) is 1. The summed E-state index contributed by atoms with van der Waals surface area (Å²) in [6.45, 7) is 8.12. The topological polar surface area (TPSA) is 50.5 Å². The number of hydrogen-bond donors (Lipinski definition) is 2. The lowest BCUT2D eigenvalue weighted by Crippen LogP contribution is -2.63. The summed E-state index contributed by atoms with van der Waals surface area (Å²) < 4.78 is 6.59. The number of nitrogens with two attached hydrogens (primary N) is 1. The van der Waals surface area contributed by atoms with Crippen LogP contribution in [0.15, 0.2) is 28.7 Å².